The lowest BCUT2D eigenvalue weighted by molar-refractivity contribution is 0.339. The van der Waals surface area contributed by atoms with E-state index in [-0.39, 0.29) is 0 Å². The molecule has 0 amide bonds. The molecule has 0 aliphatic heterocycles. The zero-order valence-electron chi connectivity index (χ0n) is 14.8. The van der Waals surface area contributed by atoms with Crippen molar-refractivity contribution in [3.63, 3.8) is 0 Å². The van der Waals surface area contributed by atoms with Crippen LogP contribution in [-0.2, 0) is 0 Å². The van der Waals surface area contributed by atoms with Crippen LogP contribution >= 0.6 is 0 Å². The molecule has 0 saturated heterocycles. The lowest BCUT2D eigenvalue weighted by Gasteiger charge is -2.27. The van der Waals surface area contributed by atoms with Crippen LogP contribution in [-0.4, -0.2) is 18.1 Å². The van der Waals surface area contributed by atoms with Crippen LogP contribution in [0.1, 0.15) is 71.3 Å². The summed E-state index contributed by atoms with van der Waals surface area (Å²) >= 11 is 0. The summed E-state index contributed by atoms with van der Waals surface area (Å²) in [5.41, 5.74) is 7.93. The van der Waals surface area contributed by atoms with Gasteiger partial charge < -0.3 is 11.1 Å². The average molecular weight is 303 g/mol. The zero-order valence-corrected chi connectivity index (χ0v) is 14.8. The molecular weight excluding hydrogens is 268 g/mol. The Labute approximate surface area is 136 Å². The Hall–Kier alpha value is -0.860. The van der Waals surface area contributed by atoms with Gasteiger partial charge in [-0.05, 0) is 43.1 Å². The topological polar surface area (TPSA) is 38.0 Å². The van der Waals surface area contributed by atoms with Crippen LogP contribution in [0.3, 0.4) is 0 Å². The van der Waals surface area contributed by atoms with E-state index in [0.29, 0.717) is 17.5 Å². The van der Waals surface area contributed by atoms with E-state index in [4.69, 9.17) is 5.73 Å². The summed E-state index contributed by atoms with van der Waals surface area (Å²) in [6, 6.07) is 12.8. The standard InChI is InChI=1S/C15H22N2.C5H12/c16-12-6-8-13(9-7-12)17-15-10-14(15)11-4-2-1-3-5-11;1-5(2,3)4/h1-5,12-15,17H,6-10,16H2;1-4H3. The Balaban J connectivity index is 0.000000309. The summed E-state index contributed by atoms with van der Waals surface area (Å²) in [7, 11) is 0. The SMILES string of the molecule is CC(C)(C)C.NC1CCC(NC2CC2c2ccccc2)CC1. The molecular formula is C20H34N2. The molecule has 3 N–H and O–H groups in total. The van der Waals surface area contributed by atoms with Gasteiger partial charge in [0.05, 0.1) is 0 Å². The third kappa shape index (κ3) is 6.50. The summed E-state index contributed by atoms with van der Waals surface area (Å²) in [6.07, 6.45) is 6.23. The Morgan fingerprint density at radius 3 is 2.05 bits per heavy atom. The highest BCUT2D eigenvalue weighted by Gasteiger charge is 2.39. The number of nitrogens with two attached hydrogens (primary N) is 1. The highest BCUT2D eigenvalue weighted by atomic mass is 15.0. The van der Waals surface area contributed by atoms with E-state index in [0.717, 1.165) is 12.0 Å². The monoisotopic (exact) mass is 302 g/mol. The predicted molar refractivity (Wildman–Crippen MR) is 96.1 cm³/mol. The van der Waals surface area contributed by atoms with Crippen LogP contribution in [0.15, 0.2) is 30.3 Å². The maximum atomic E-state index is 5.93. The number of rotatable bonds is 3. The highest BCUT2D eigenvalue weighted by molar-refractivity contribution is 5.27. The van der Waals surface area contributed by atoms with Gasteiger partial charge in [0.2, 0.25) is 0 Å². The van der Waals surface area contributed by atoms with E-state index in [9.17, 15) is 0 Å². The van der Waals surface area contributed by atoms with Crippen LogP contribution in [0.5, 0.6) is 0 Å². The molecule has 2 aliphatic rings. The molecule has 2 aliphatic carbocycles. The first kappa shape index (κ1) is 17.5. The predicted octanol–water partition coefficient (Wildman–Crippen LogP) is 4.45. The Bertz CT molecular complexity index is 421. The molecule has 1 aromatic carbocycles. The number of nitrogens with one attached hydrogen (secondary N) is 1. The third-order valence-electron chi connectivity index (χ3n) is 4.24. The maximum Gasteiger partial charge on any atom is 0.0145 e. The van der Waals surface area contributed by atoms with E-state index in [2.05, 4.69) is 63.3 Å². The fraction of sp³-hybridized carbons (Fsp3) is 0.700. The molecule has 1 aromatic rings. The molecule has 2 unspecified atom stereocenters. The summed E-state index contributed by atoms with van der Waals surface area (Å²) in [6.45, 7) is 8.75. The second-order valence-corrected chi connectivity index (χ2v) is 8.64. The van der Waals surface area contributed by atoms with Crippen molar-refractivity contribution in [3.8, 4) is 0 Å². The molecule has 0 aromatic heterocycles. The highest BCUT2D eigenvalue weighted by Crippen LogP contribution is 2.41. The minimum Gasteiger partial charge on any atom is -0.328 e. The van der Waals surface area contributed by atoms with Gasteiger partial charge in [0, 0.05) is 24.0 Å². The molecule has 2 atom stereocenters. The largest absolute Gasteiger partial charge is 0.328 e. The van der Waals surface area contributed by atoms with E-state index in [1.54, 1.807) is 0 Å². The van der Waals surface area contributed by atoms with Crippen molar-refractivity contribution >= 4 is 0 Å². The quantitative estimate of drug-likeness (QED) is 0.865. The van der Waals surface area contributed by atoms with Gasteiger partial charge in [-0.2, -0.15) is 0 Å². The van der Waals surface area contributed by atoms with Crippen molar-refractivity contribution < 1.29 is 0 Å². The van der Waals surface area contributed by atoms with Gasteiger partial charge in [-0.1, -0.05) is 58.0 Å². The van der Waals surface area contributed by atoms with Crippen molar-refractivity contribution in [1.82, 2.24) is 5.32 Å². The van der Waals surface area contributed by atoms with Gasteiger partial charge in [0.15, 0.2) is 0 Å². The molecule has 22 heavy (non-hydrogen) atoms. The third-order valence-corrected chi connectivity index (χ3v) is 4.24. The van der Waals surface area contributed by atoms with Crippen LogP contribution in [0, 0.1) is 5.41 Å². The molecule has 2 saturated carbocycles. The van der Waals surface area contributed by atoms with Crippen molar-refractivity contribution in [1.29, 1.82) is 0 Å². The van der Waals surface area contributed by atoms with E-state index in [1.807, 2.05) is 0 Å². The average Bonchev–Trinajstić information content (AvgIpc) is 3.20. The fourth-order valence-electron chi connectivity index (χ4n) is 3.04. The van der Waals surface area contributed by atoms with Crippen LogP contribution in [0.2, 0.25) is 0 Å². The summed E-state index contributed by atoms with van der Waals surface area (Å²) in [5, 5.41) is 3.81. The van der Waals surface area contributed by atoms with E-state index in [1.165, 1.54) is 37.7 Å². The second-order valence-electron chi connectivity index (χ2n) is 8.64. The number of hydrogen-bond acceptors (Lipinski definition) is 2. The van der Waals surface area contributed by atoms with Gasteiger partial charge in [-0.3, -0.25) is 0 Å². The fourth-order valence-corrected chi connectivity index (χ4v) is 3.04. The van der Waals surface area contributed by atoms with Crippen LogP contribution < -0.4 is 11.1 Å². The first-order valence-corrected chi connectivity index (χ1v) is 8.89. The molecule has 2 heteroatoms. The molecule has 2 nitrogen and oxygen atoms in total. The van der Waals surface area contributed by atoms with Gasteiger partial charge in [-0.25, -0.2) is 0 Å². The van der Waals surface area contributed by atoms with Gasteiger partial charge in [0.25, 0.3) is 0 Å². The number of benzene rings is 1. The first-order valence-electron chi connectivity index (χ1n) is 8.89. The van der Waals surface area contributed by atoms with Crippen molar-refractivity contribution in [2.45, 2.75) is 83.8 Å². The van der Waals surface area contributed by atoms with E-state index < -0.39 is 0 Å². The van der Waals surface area contributed by atoms with E-state index >= 15 is 0 Å². The summed E-state index contributed by atoms with van der Waals surface area (Å²) < 4.78 is 0. The second kappa shape index (κ2) is 7.61. The molecule has 0 heterocycles. The normalized spacial score (nSPS) is 31.1. The smallest absolute Gasteiger partial charge is 0.0145 e. The van der Waals surface area contributed by atoms with Crippen LogP contribution in [0.25, 0.3) is 0 Å². The first-order chi connectivity index (χ1) is 10.3. The van der Waals surface area contributed by atoms with Crippen molar-refractivity contribution in [3.05, 3.63) is 35.9 Å². The molecule has 0 radical (unpaired) electrons. The molecule has 3 rings (SSSR count). The van der Waals surface area contributed by atoms with Gasteiger partial charge in [-0.15, -0.1) is 0 Å². The van der Waals surface area contributed by atoms with Gasteiger partial charge in [0.1, 0.15) is 0 Å². The number of hydrogen-bond donors (Lipinski definition) is 2. The minimum atomic E-state index is 0.456. The summed E-state index contributed by atoms with van der Waals surface area (Å²) in [4.78, 5) is 0. The minimum absolute atomic E-state index is 0.456. The lowest BCUT2D eigenvalue weighted by atomic mass is 9.92. The Kier molecular flexibility index (Phi) is 6.05. The molecule has 124 valence electrons. The van der Waals surface area contributed by atoms with Crippen molar-refractivity contribution in [2.24, 2.45) is 11.1 Å². The van der Waals surface area contributed by atoms with Crippen molar-refractivity contribution in [2.75, 3.05) is 0 Å². The molecule has 2 fully saturated rings. The Morgan fingerprint density at radius 2 is 1.50 bits per heavy atom. The van der Waals surface area contributed by atoms with Gasteiger partial charge >= 0.3 is 0 Å². The summed E-state index contributed by atoms with van der Waals surface area (Å²) in [5.74, 6) is 0.756. The lowest BCUT2D eigenvalue weighted by Crippen LogP contribution is -2.38. The maximum absolute atomic E-state index is 5.93. The molecule has 0 spiro atoms. The Morgan fingerprint density at radius 1 is 0.955 bits per heavy atom. The van der Waals surface area contributed by atoms with Crippen LogP contribution in [0.4, 0.5) is 0 Å². The molecule has 0 bridgehead atoms. The zero-order chi connectivity index (χ0) is 16.2.